The molecule has 6 heteroatoms. The molecule has 1 aliphatic rings. The molecule has 6 nitrogen and oxygen atoms in total. The van der Waals surface area contributed by atoms with Crippen LogP contribution < -0.4 is 11.5 Å². The Balaban J connectivity index is 1.94. The molecular weight excluding hydrogens is 216 g/mol. The Kier molecular flexibility index (Phi) is 2.17. The smallest absolute Gasteiger partial charge is 0.224 e. The fourth-order valence-corrected chi connectivity index (χ4v) is 2.61. The second kappa shape index (κ2) is 3.58. The number of fused-ring (bicyclic) bond motifs is 1. The highest BCUT2D eigenvalue weighted by molar-refractivity contribution is 5.82. The first-order valence-corrected chi connectivity index (χ1v) is 5.87. The van der Waals surface area contributed by atoms with Gasteiger partial charge in [0.25, 0.3) is 0 Å². The van der Waals surface area contributed by atoms with Gasteiger partial charge in [-0.05, 0) is 24.7 Å². The summed E-state index contributed by atoms with van der Waals surface area (Å²) in [5, 5.41) is 0. The summed E-state index contributed by atoms with van der Waals surface area (Å²) in [4.78, 5) is 12.4. The molecule has 0 radical (unpaired) electrons. The summed E-state index contributed by atoms with van der Waals surface area (Å²) < 4.78 is 2.03. The van der Waals surface area contributed by atoms with E-state index >= 15 is 0 Å². The molecule has 1 saturated carbocycles. The minimum absolute atomic E-state index is 0.207. The van der Waals surface area contributed by atoms with Crippen molar-refractivity contribution in [1.82, 2.24) is 19.5 Å². The van der Waals surface area contributed by atoms with Crippen molar-refractivity contribution in [3.8, 4) is 0 Å². The van der Waals surface area contributed by atoms with Crippen LogP contribution in [0.25, 0.3) is 11.2 Å². The quantitative estimate of drug-likeness (QED) is 0.806. The van der Waals surface area contributed by atoms with Gasteiger partial charge in [-0.3, -0.25) is 0 Å². The van der Waals surface area contributed by atoms with E-state index in [1.807, 2.05) is 4.57 Å². The SMILES string of the molecule is CC1CC(Cn2cnc3c(N)nc(N)nc32)C1. The van der Waals surface area contributed by atoms with Gasteiger partial charge >= 0.3 is 0 Å². The summed E-state index contributed by atoms with van der Waals surface area (Å²) in [5.41, 5.74) is 12.8. The highest BCUT2D eigenvalue weighted by Gasteiger charge is 2.26. The van der Waals surface area contributed by atoms with E-state index in [9.17, 15) is 0 Å². The molecule has 1 aliphatic carbocycles. The Morgan fingerprint density at radius 2 is 2.12 bits per heavy atom. The van der Waals surface area contributed by atoms with Crippen LogP contribution in [0.1, 0.15) is 19.8 Å². The molecule has 2 heterocycles. The predicted octanol–water partition coefficient (Wildman–Crippen LogP) is 1.04. The third kappa shape index (κ3) is 1.69. The topological polar surface area (TPSA) is 95.6 Å². The van der Waals surface area contributed by atoms with Gasteiger partial charge in [-0.2, -0.15) is 9.97 Å². The average molecular weight is 232 g/mol. The third-order valence-corrected chi connectivity index (χ3v) is 3.43. The number of imidazole rings is 1. The van der Waals surface area contributed by atoms with E-state index < -0.39 is 0 Å². The number of hydrogen-bond donors (Lipinski definition) is 2. The monoisotopic (exact) mass is 232 g/mol. The van der Waals surface area contributed by atoms with Gasteiger partial charge in [-0.25, -0.2) is 4.98 Å². The van der Waals surface area contributed by atoms with Crippen LogP contribution in [0.4, 0.5) is 11.8 Å². The molecular formula is C11H16N6. The highest BCUT2D eigenvalue weighted by Crippen LogP contribution is 2.34. The van der Waals surface area contributed by atoms with E-state index in [4.69, 9.17) is 11.5 Å². The molecule has 17 heavy (non-hydrogen) atoms. The van der Waals surface area contributed by atoms with Crippen LogP contribution in [-0.4, -0.2) is 19.5 Å². The van der Waals surface area contributed by atoms with E-state index in [-0.39, 0.29) is 5.95 Å². The van der Waals surface area contributed by atoms with Crippen LogP contribution in [0.5, 0.6) is 0 Å². The first-order chi connectivity index (χ1) is 8.13. The largest absolute Gasteiger partial charge is 0.382 e. The van der Waals surface area contributed by atoms with Gasteiger partial charge in [0.1, 0.15) is 5.52 Å². The average Bonchev–Trinajstić information content (AvgIpc) is 2.59. The molecule has 90 valence electrons. The van der Waals surface area contributed by atoms with E-state index in [2.05, 4.69) is 21.9 Å². The molecule has 0 saturated heterocycles. The Bertz CT molecular complexity index is 554. The molecule has 2 aromatic rings. The molecule has 0 spiro atoms. The van der Waals surface area contributed by atoms with Gasteiger partial charge in [-0.15, -0.1) is 0 Å². The molecule has 3 rings (SSSR count). The van der Waals surface area contributed by atoms with Crippen LogP contribution in [-0.2, 0) is 6.54 Å². The van der Waals surface area contributed by atoms with Gasteiger partial charge in [0.05, 0.1) is 6.33 Å². The normalized spacial score (nSPS) is 23.8. The van der Waals surface area contributed by atoms with Crippen LogP contribution in [0, 0.1) is 11.8 Å². The second-order valence-electron chi connectivity index (χ2n) is 4.98. The summed E-state index contributed by atoms with van der Waals surface area (Å²) in [6.07, 6.45) is 4.32. The number of nitrogen functional groups attached to an aromatic ring is 2. The summed E-state index contributed by atoms with van der Waals surface area (Å²) in [7, 11) is 0. The summed E-state index contributed by atoms with van der Waals surface area (Å²) >= 11 is 0. The maximum absolute atomic E-state index is 5.76. The molecule has 0 aliphatic heterocycles. The van der Waals surface area contributed by atoms with Crippen molar-refractivity contribution < 1.29 is 0 Å². The van der Waals surface area contributed by atoms with Crippen molar-refractivity contribution in [3.05, 3.63) is 6.33 Å². The summed E-state index contributed by atoms with van der Waals surface area (Å²) in [6.45, 7) is 3.22. The summed E-state index contributed by atoms with van der Waals surface area (Å²) in [6, 6.07) is 0. The molecule has 4 N–H and O–H groups in total. The van der Waals surface area contributed by atoms with Gasteiger partial charge in [0.15, 0.2) is 11.5 Å². The van der Waals surface area contributed by atoms with Crippen LogP contribution in [0.3, 0.4) is 0 Å². The molecule has 0 atom stereocenters. The molecule has 0 bridgehead atoms. The molecule has 1 fully saturated rings. The Morgan fingerprint density at radius 1 is 1.35 bits per heavy atom. The van der Waals surface area contributed by atoms with E-state index in [0.717, 1.165) is 24.0 Å². The number of nitrogens with zero attached hydrogens (tertiary/aromatic N) is 4. The molecule has 2 aromatic heterocycles. The molecule has 0 unspecified atom stereocenters. The van der Waals surface area contributed by atoms with E-state index in [1.165, 1.54) is 12.8 Å². The van der Waals surface area contributed by atoms with Gasteiger partial charge < -0.3 is 16.0 Å². The lowest BCUT2D eigenvalue weighted by Gasteiger charge is -2.32. The van der Waals surface area contributed by atoms with Crippen LogP contribution in [0.15, 0.2) is 6.33 Å². The molecule has 0 amide bonds. The zero-order valence-electron chi connectivity index (χ0n) is 9.80. The van der Waals surface area contributed by atoms with Crippen LogP contribution >= 0.6 is 0 Å². The number of anilines is 2. The standard InChI is InChI=1S/C11H16N6/c1-6-2-7(3-6)4-17-5-14-8-9(12)15-11(13)16-10(8)17/h5-7H,2-4H2,1H3,(H4,12,13,15,16). The lowest BCUT2D eigenvalue weighted by atomic mass is 9.76. The number of nitrogens with two attached hydrogens (primary N) is 2. The summed E-state index contributed by atoms with van der Waals surface area (Å²) in [5.74, 6) is 2.13. The lowest BCUT2D eigenvalue weighted by molar-refractivity contribution is 0.189. The van der Waals surface area contributed by atoms with E-state index in [1.54, 1.807) is 6.33 Å². The van der Waals surface area contributed by atoms with Crippen molar-refractivity contribution in [2.75, 3.05) is 11.5 Å². The first-order valence-electron chi connectivity index (χ1n) is 5.87. The number of hydrogen-bond acceptors (Lipinski definition) is 5. The third-order valence-electron chi connectivity index (χ3n) is 3.43. The molecule has 0 aromatic carbocycles. The first kappa shape index (κ1) is 10.3. The van der Waals surface area contributed by atoms with Crippen molar-refractivity contribution in [2.45, 2.75) is 26.3 Å². The fourth-order valence-electron chi connectivity index (χ4n) is 2.61. The second-order valence-corrected chi connectivity index (χ2v) is 4.98. The van der Waals surface area contributed by atoms with Crippen LogP contribution in [0.2, 0.25) is 0 Å². The number of rotatable bonds is 2. The maximum Gasteiger partial charge on any atom is 0.224 e. The Hall–Kier alpha value is -1.85. The Labute approximate surface area is 99.1 Å². The van der Waals surface area contributed by atoms with E-state index in [0.29, 0.717) is 11.3 Å². The zero-order valence-corrected chi connectivity index (χ0v) is 9.80. The Morgan fingerprint density at radius 3 is 2.82 bits per heavy atom. The van der Waals surface area contributed by atoms with Crippen molar-refractivity contribution >= 4 is 22.9 Å². The van der Waals surface area contributed by atoms with Crippen molar-refractivity contribution in [2.24, 2.45) is 11.8 Å². The van der Waals surface area contributed by atoms with Gasteiger partial charge in [0.2, 0.25) is 5.95 Å². The lowest BCUT2D eigenvalue weighted by Crippen LogP contribution is -2.25. The maximum atomic E-state index is 5.76. The zero-order chi connectivity index (χ0) is 12.0. The minimum Gasteiger partial charge on any atom is -0.382 e. The fraction of sp³-hybridized carbons (Fsp3) is 0.545. The van der Waals surface area contributed by atoms with Gasteiger partial charge in [-0.1, -0.05) is 6.92 Å². The van der Waals surface area contributed by atoms with Crippen molar-refractivity contribution in [1.29, 1.82) is 0 Å². The predicted molar refractivity (Wildman–Crippen MR) is 66.0 cm³/mol. The van der Waals surface area contributed by atoms with Crippen molar-refractivity contribution in [3.63, 3.8) is 0 Å². The van der Waals surface area contributed by atoms with Gasteiger partial charge in [0, 0.05) is 6.54 Å². The highest BCUT2D eigenvalue weighted by atomic mass is 15.2. The number of aromatic nitrogens is 4. The minimum atomic E-state index is 0.207.